The van der Waals surface area contributed by atoms with E-state index in [1.54, 1.807) is 6.20 Å². The Hall–Kier alpha value is -1.25. The van der Waals surface area contributed by atoms with Gasteiger partial charge in [-0.3, -0.25) is 0 Å². The average molecular weight is 233 g/mol. The highest BCUT2D eigenvalue weighted by molar-refractivity contribution is 5.50. The second-order valence-corrected chi connectivity index (χ2v) is 5.15. The smallest absolute Gasteiger partial charge is 0.128 e. The molecule has 17 heavy (non-hydrogen) atoms. The number of aromatic nitrogens is 1. The third-order valence-corrected chi connectivity index (χ3v) is 3.67. The van der Waals surface area contributed by atoms with Crippen molar-refractivity contribution in [2.45, 2.75) is 45.4 Å². The van der Waals surface area contributed by atoms with E-state index < -0.39 is 0 Å². The number of nitrogens with zero attached hydrogens (tertiary/aromatic N) is 1. The van der Waals surface area contributed by atoms with Gasteiger partial charge in [-0.25, -0.2) is 4.98 Å². The summed E-state index contributed by atoms with van der Waals surface area (Å²) in [6.07, 6.45) is 10.1. The van der Waals surface area contributed by atoms with Crippen LogP contribution in [0.25, 0.3) is 0 Å². The van der Waals surface area contributed by atoms with Crippen molar-refractivity contribution in [2.75, 3.05) is 17.6 Å². The van der Waals surface area contributed by atoms with Crippen molar-refractivity contribution in [2.24, 2.45) is 5.92 Å². The van der Waals surface area contributed by atoms with Crippen LogP contribution in [0.3, 0.4) is 0 Å². The topological polar surface area (TPSA) is 50.9 Å². The minimum absolute atomic E-state index is 0.736. The lowest BCUT2D eigenvalue weighted by atomic mass is 9.87. The Morgan fingerprint density at radius 2 is 2.12 bits per heavy atom. The van der Waals surface area contributed by atoms with Crippen molar-refractivity contribution in [3.63, 3.8) is 0 Å². The zero-order chi connectivity index (χ0) is 12.1. The fourth-order valence-electron chi connectivity index (χ4n) is 2.65. The molecule has 1 aromatic rings. The Bertz CT molecular complexity index is 356. The maximum Gasteiger partial charge on any atom is 0.128 e. The molecule has 0 radical (unpaired) electrons. The Morgan fingerprint density at radius 3 is 2.82 bits per heavy atom. The molecule has 3 N–H and O–H groups in total. The van der Waals surface area contributed by atoms with Gasteiger partial charge >= 0.3 is 0 Å². The largest absolute Gasteiger partial charge is 0.397 e. The molecule has 0 atom stereocenters. The van der Waals surface area contributed by atoms with Crippen molar-refractivity contribution in [3.8, 4) is 0 Å². The highest BCUT2D eigenvalue weighted by Crippen LogP contribution is 2.26. The van der Waals surface area contributed by atoms with E-state index in [0.717, 1.165) is 29.5 Å². The predicted octanol–water partition coefficient (Wildman–Crippen LogP) is 3.35. The van der Waals surface area contributed by atoms with Crippen molar-refractivity contribution in [1.29, 1.82) is 0 Å². The first-order chi connectivity index (χ1) is 8.25. The number of rotatable bonds is 4. The fraction of sp³-hybridized carbons (Fsp3) is 0.643. The van der Waals surface area contributed by atoms with Gasteiger partial charge in [0.05, 0.1) is 11.9 Å². The molecule has 94 valence electrons. The van der Waals surface area contributed by atoms with Gasteiger partial charge in [0, 0.05) is 6.54 Å². The van der Waals surface area contributed by atoms with Crippen LogP contribution in [0.1, 0.15) is 44.1 Å². The second kappa shape index (κ2) is 5.89. The maximum atomic E-state index is 5.68. The molecular formula is C14H23N3. The monoisotopic (exact) mass is 233 g/mol. The number of nitrogen functional groups attached to an aromatic ring is 1. The number of hydrogen-bond acceptors (Lipinski definition) is 3. The summed E-state index contributed by atoms with van der Waals surface area (Å²) in [4.78, 5) is 4.32. The molecule has 1 fully saturated rings. The average Bonchev–Trinajstić information content (AvgIpc) is 2.33. The van der Waals surface area contributed by atoms with Crippen LogP contribution in [0.2, 0.25) is 0 Å². The van der Waals surface area contributed by atoms with Gasteiger partial charge in [-0.15, -0.1) is 0 Å². The molecule has 0 saturated heterocycles. The van der Waals surface area contributed by atoms with E-state index in [1.807, 2.05) is 13.0 Å². The molecule has 1 heterocycles. The van der Waals surface area contributed by atoms with Crippen LogP contribution < -0.4 is 11.1 Å². The van der Waals surface area contributed by atoms with Gasteiger partial charge in [0.25, 0.3) is 0 Å². The van der Waals surface area contributed by atoms with Gasteiger partial charge in [-0.1, -0.05) is 32.1 Å². The molecule has 0 aromatic carbocycles. The number of hydrogen-bond donors (Lipinski definition) is 2. The van der Waals surface area contributed by atoms with Crippen LogP contribution in [0.4, 0.5) is 11.5 Å². The molecule has 0 unspecified atom stereocenters. The van der Waals surface area contributed by atoms with Crippen molar-refractivity contribution < 1.29 is 0 Å². The number of pyridine rings is 1. The van der Waals surface area contributed by atoms with E-state index in [4.69, 9.17) is 5.73 Å². The third-order valence-electron chi connectivity index (χ3n) is 3.67. The summed E-state index contributed by atoms with van der Waals surface area (Å²) in [6, 6.07) is 1.97. The standard InChI is InChI=1S/C14H23N3/c1-11-9-13(15)10-17-14(11)16-8-7-12-5-3-2-4-6-12/h9-10,12H,2-8,15H2,1H3,(H,16,17). The van der Waals surface area contributed by atoms with Gasteiger partial charge in [0.15, 0.2) is 0 Å². The lowest BCUT2D eigenvalue weighted by molar-refractivity contribution is 0.345. The molecule has 0 bridgehead atoms. The summed E-state index contributed by atoms with van der Waals surface area (Å²) < 4.78 is 0. The maximum absolute atomic E-state index is 5.68. The minimum Gasteiger partial charge on any atom is -0.397 e. The molecule has 0 aliphatic heterocycles. The summed E-state index contributed by atoms with van der Waals surface area (Å²) in [5.41, 5.74) is 7.55. The van der Waals surface area contributed by atoms with Gasteiger partial charge in [-0.05, 0) is 30.9 Å². The van der Waals surface area contributed by atoms with Crippen LogP contribution in [0, 0.1) is 12.8 Å². The van der Waals surface area contributed by atoms with Gasteiger partial charge in [0.1, 0.15) is 5.82 Å². The van der Waals surface area contributed by atoms with Gasteiger partial charge in [0.2, 0.25) is 0 Å². The van der Waals surface area contributed by atoms with Crippen molar-refractivity contribution in [3.05, 3.63) is 17.8 Å². The minimum atomic E-state index is 0.736. The third kappa shape index (κ3) is 3.62. The number of aryl methyl sites for hydroxylation is 1. The SMILES string of the molecule is Cc1cc(N)cnc1NCCC1CCCCC1. The highest BCUT2D eigenvalue weighted by atomic mass is 15.0. The zero-order valence-corrected chi connectivity index (χ0v) is 10.7. The molecule has 0 spiro atoms. The van der Waals surface area contributed by atoms with Crippen LogP contribution in [-0.2, 0) is 0 Å². The summed E-state index contributed by atoms with van der Waals surface area (Å²) in [7, 11) is 0. The van der Waals surface area contributed by atoms with Crippen molar-refractivity contribution >= 4 is 11.5 Å². The molecule has 3 heteroatoms. The molecule has 2 rings (SSSR count). The Morgan fingerprint density at radius 1 is 1.35 bits per heavy atom. The number of anilines is 2. The van der Waals surface area contributed by atoms with Gasteiger partial charge in [-0.2, -0.15) is 0 Å². The molecule has 1 saturated carbocycles. The predicted molar refractivity (Wildman–Crippen MR) is 73.1 cm³/mol. The Balaban J connectivity index is 1.77. The van der Waals surface area contributed by atoms with Crippen LogP contribution >= 0.6 is 0 Å². The summed E-state index contributed by atoms with van der Waals surface area (Å²) in [5, 5.41) is 3.42. The lowest BCUT2D eigenvalue weighted by Crippen LogP contribution is -2.13. The Kier molecular flexibility index (Phi) is 4.24. The van der Waals surface area contributed by atoms with Gasteiger partial charge < -0.3 is 11.1 Å². The van der Waals surface area contributed by atoms with Crippen LogP contribution in [0.15, 0.2) is 12.3 Å². The lowest BCUT2D eigenvalue weighted by Gasteiger charge is -2.21. The number of nitrogens with two attached hydrogens (primary N) is 1. The van der Waals surface area contributed by atoms with E-state index in [2.05, 4.69) is 10.3 Å². The van der Waals surface area contributed by atoms with E-state index >= 15 is 0 Å². The first kappa shape index (κ1) is 12.2. The molecule has 1 aliphatic carbocycles. The molecule has 3 nitrogen and oxygen atoms in total. The summed E-state index contributed by atoms with van der Waals surface area (Å²) >= 11 is 0. The molecule has 1 aromatic heterocycles. The fourth-order valence-corrected chi connectivity index (χ4v) is 2.65. The van der Waals surface area contributed by atoms with E-state index in [9.17, 15) is 0 Å². The van der Waals surface area contributed by atoms with E-state index in [-0.39, 0.29) is 0 Å². The van der Waals surface area contributed by atoms with Crippen LogP contribution in [-0.4, -0.2) is 11.5 Å². The normalized spacial score (nSPS) is 17.0. The van der Waals surface area contributed by atoms with Crippen molar-refractivity contribution in [1.82, 2.24) is 4.98 Å². The van der Waals surface area contributed by atoms with Crippen LogP contribution in [0.5, 0.6) is 0 Å². The Labute approximate surface area is 104 Å². The zero-order valence-electron chi connectivity index (χ0n) is 10.7. The quantitative estimate of drug-likeness (QED) is 0.838. The molecular weight excluding hydrogens is 210 g/mol. The summed E-state index contributed by atoms with van der Waals surface area (Å²) in [5.74, 6) is 1.90. The highest BCUT2D eigenvalue weighted by Gasteiger charge is 2.12. The van der Waals surface area contributed by atoms with E-state index in [1.165, 1.54) is 38.5 Å². The second-order valence-electron chi connectivity index (χ2n) is 5.15. The first-order valence-corrected chi connectivity index (χ1v) is 6.71. The summed E-state index contributed by atoms with van der Waals surface area (Å²) in [6.45, 7) is 3.08. The first-order valence-electron chi connectivity index (χ1n) is 6.71. The number of nitrogens with one attached hydrogen (secondary N) is 1. The molecule has 0 amide bonds. The molecule has 1 aliphatic rings. The van der Waals surface area contributed by atoms with E-state index in [0.29, 0.717) is 0 Å².